The molecule has 0 aliphatic carbocycles. The molecule has 62 valence electrons. The highest BCUT2D eigenvalue weighted by molar-refractivity contribution is 6.17. The molecule has 1 aromatic rings. The van der Waals surface area contributed by atoms with Gasteiger partial charge in [-0.15, -0.1) is 11.6 Å². The summed E-state index contributed by atoms with van der Waals surface area (Å²) >= 11 is 5.65. The topological polar surface area (TPSA) is 33.0 Å². The highest BCUT2D eigenvalue weighted by Gasteiger charge is 1.99. The highest BCUT2D eigenvalue weighted by Crippen LogP contribution is 2.19. The number of benzene rings is 1. The lowest BCUT2D eigenvalue weighted by molar-refractivity contribution is 0.365. The largest absolute Gasteiger partial charge is 0.478 e. The van der Waals surface area contributed by atoms with Gasteiger partial charge in [-0.2, -0.15) is 5.26 Å². The van der Waals surface area contributed by atoms with Crippen LogP contribution in [0.5, 0.6) is 5.75 Å². The van der Waals surface area contributed by atoms with Crippen LogP contribution in [0.15, 0.2) is 24.3 Å². The van der Waals surface area contributed by atoms with Gasteiger partial charge in [-0.05, 0) is 6.07 Å². The molecule has 0 unspecified atom stereocenters. The van der Waals surface area contributed by atoms with Crippen LogP contribution >= 0.6 is 11.6 Å². The Morgan fingerprint density at radius 3 is 2.83 bits per heavy atom. The van der Waals surface area contributed by atoms with E-state index in [0.717, 1.165) is 5.56 Å². The van der Waals surface area contributed by atoms with Crippen LogP contribution in [0.3, 0.4) is 0 Å². The van der Waals surface area contributed by atoms with Crippen LogP contribution in [0.4, 0.5) is 0 Å². The monoisotopic (exact) mass is 181 g/mol. The van der Waals surface area contributed by atoms with Crippen molar-refractivity contribution in [3.8, 4) is 11.8 Å². The van der Waals surface area contributed by atoms with Crippen LogP contribution in [0.2, 0.25) is 0 Å². The Hall–Kier alpha value is -1.20. The second-order valence-corrected chi connectivity index (χ2v) is 2.46. The van der Waals surface area contributed by atoms with Gasteiger partial charge in [0.05, 0.1) is 5.88 Å². The van der Waals surface area contributed by atoms with E-state index in [2.05, 4.69) is 0 Å². The van der Waals surface area contributed by atoms with Gasteiger partial charge in [-0.1, -0.05) is 18.2 Å². The minimum Gasteiger partial charge on any atom is -0.478 e. The summed E-state index contributed by atoms with van der Waals surface area (Å²) in [6, 6.07) is 9.31. The maximum Gasteiger partial charge on any atom is 0.174 e. The maximum absolute atomic E-state index is 8.28. The van der Waals surface area contributed by atoms with Gasteiger partial charge in [0.15, 0.2) is 6.61 Å². The molecular formula is C9H8ClNO. The number of nitriles is 1. The molecule has 0 aliphatic heterocycles. The van der Waals surface area contributed by atoms with E-state index in [-0.39, 0.29) is 6.61 Å². The molecule has 0 radical (unpaired) electrons. The number of ether oxygens (including phenoxy) is 1. The second-order valence-electron chi connectivity index (χ2n) is 2.19. The van der Waals surface area contributed by atoms with Crippen molar-refractivity contribution in [3.63, 3.8) is 0 Å². The molecule has 0 heterocycles. The fourth-order valence-corrected chi connectivity index (χ4v) is 1.09. The normalized spacial score (nSPS) is 9.00. The van der Waals surface area contributed by atoms with Crippen LogP contribution in [-0.2, 0) is 5.88 Å². The molecular weight excluding hydrogens is 174 g/mol. The van der Waals surface area contributed by atoms with E-state index in [4.69, 9.17) is 21.6 Å². The third-order valence-corrected chi connectivity index (χ3v) is 1.70. The van der Waals surface area contributed by atoms with Crippen LogP contribution in [0.25, 0.3) is 0 Å². The Labute approximate surface area is 76.3 Å². The number of rotatable bonds is 3. The van der Waals surface area contributed by atoms with Crippen LogP contribution in [0, 0.1) is 11.3 Å². The third kappa shape index (κ3) is 2.14. The molecule has 0 spiro atoms. The fourth-order valence-electron chi connectivity index (χ4n) is 0.865. The zero-order valence-corrected chi connectivity index (χ0v) is 7.21. The van der Waals surface area contributed by atoms with Gasteiger partial charge in [0.25, 0.3) is 0 Å². The zero-order chi connectivity index (χ0) is 8.81. The molecule has 3 heteroatoms. The first-order chi connectivity index (χ1) is 5.88. The highest BCUT2D eigenvalue weighted by atomic mass is 35.5. The third-order valence-electron chi connectivity index (χ3n) is 1.41. The van der Waals surface area contributed by atoms with E-state index in [1.165, 1.54) is 0 Å². The molecule has 0 aromatic heterocycles. The van der Waals surface area contributed by atoms with Crippen molar-refractivity contribution in [2.45, 2.75) is 5.88 Å². The standard InChI is InChI=1S/C9H8ClNO/c10-7-8-3-1-2-4-9(8)12-6-5-11/h1-4H,6-7H2. The van der Waals surface area contributed by atoms with Crippen LogP contribution < -0.4 is 4.74 Å². The molecule has 2 nitrogen and oxygen atoms in total. The predicted molar refractivity (Wildman–Crippen MR) is 47.1 cm³/mol. The van der Waals surface area contributed by atoms with Gasteiger partial charge in [0, 0.05) is 5.56 Å². The summed E-state index contributed by atoms with van der Waals surface area (Å²) in [5.74, 6) is 1.09. The van der Waals surface area contributed by atoms with Crippen molar-refractivity contribution in [2.24, 2.45) is 0 Å². The summed E-state index contributed by atoms with van der Waals surface area (Å²) < 4.78 is 5.13. The molecule has 0 fully saturated rings. The lowest BCUT2D eigenvalue weighted by atomic mass is 10.2. The van der Waals surface area contributed by atoms with Gasteiger partial charge in [0.2, 0.25) is 0 Å². The van der Waals surface area contributed by atoms with E-state index in [1.807, 2.05) is 24.3 Å². The van der Waals surface area contributed by atoms with Crippen molar-refractivity contribution in [1.29, 1.82) is 5.26 Å². The Balaban J connectivity index is 2.76. The lowest BCUT2D eigenvalue weighted by Gasteiger charge is -2.05. The summed E-state index contributed by atoms with van der Waals surface area (Å²) in [5, 5.41) is 8.28. The Kier molecular flexibility index (Phi) is 3.43. The molecule has 0 saturated heterocycles. The van der Waals surface area contributed by atoms with E-state index in [1.54, 1.807) is 6.07 Å². The summed E-state index contributed by atoms with van der Waals surface area (Å²) in [5.41, 5.74) is 0.911. The number of halogens is 1. The quantitative estimate of drug-likeness (QED) is 0.671. The first-order valence-corrected chi connectivity index (χ1v) is 4.05. The van der Waals surface area contributed by atoms with Crippen molar-refractivity contribution < 1.29 is 4.74 Å². The maximum atomic E-state index is 8.28. The molecule has 0 amide bonds. The number of para-hydroxylation sites is 1. The van der Waals surface area contributed by atoms with Crippen molar-refractivity contribution in [1.82, 2.24) is 0 Å². The van der Waals surface area contributed by atoms with E-state index in [0.29, 0.717) is 11.6 Å². The van der Waals surface area contributed by atoms with Crippen molar-refractivity contribution in [2.75, 3.05) is 6.61 Å². The first kappa shape index (κ1) is 8.89. The molecule has 0 atom stereocenters. The van der Waals surface area contributed by atoms with Crippen molar-refractivity contribution >= 4 is 11.6 Å². The van der Waals surface area contributed by atoms with Crippen molar-refractivity contribution in [3.05, 3.63) is 29.8 Å². The lowest BCUT2D eigenvalue weighted by Crippen LogP contribution is -1.96. The SMILES string of the molecule is N#CCOc1ccccc1CCl. The van der Waals surface area contributed by atoms with Crippen LogP contribution in [-0.4, -0.2) is 6.61 Å². The van der Waals surface area contributed by atoms with Gasteiger partial charge in [0.1, 0.15) is 11.8 Å². The molecule has 0 saturated carbocycles. The molecule has 12 heavy (non-hydrogen) atoms. The minimum absolute atomic E-state index is 0.0634. The van der Waals surface area contributed by atoms with Gasteiger partial charge in [-0.25, -0.2) is 0 Å². The van der Waals surface area contributed by atoms with E-state index in [9.17, 15) is 0 Å². The molecule has 1 aromatic carbocycles. The van der Waals surface area contributed by atoms with Gasteiger partial charge in [-0.3, -0.25) is 0 Å². The second kappa shape index (κ2) is 4.63. The number of hydrogen-bond acceptors (Lipinski definition) is 2. The molecule has 0 N–H and O–H groups in total. The molecule has 1 rings (SSSR count). The predicted octanol–water partition coefficient (Wildman–Crippen LogP) is 2.33. The average Bonchev–Trinajstić information content (AvgIpc) is 2.15. The minimum atomic E-state index is 0.0634. The summed E-state index contributed by atoms with van der Waals surface area (Å²) in [4.78, 5) is 0. The van der Waals surface area contributed by atoms with Gasteiger partial charge < -0.3 is 4.74 Å². The van der Waals surface area contributed by atoms with Crippen LogP contribution in [0.1, 0.15) is 5.56 Å². The molecule has 0 bridgehead atoms. The Morgan fingerprint density at radius 1 is 1.42 bits per heavy atom. The number of hydrogen-bond donors (Lipinski definition) is 0. The number of alkyl halides is 1. The van der Waals surface area contributed by atoms with Gasteiger partial charge >= 0.3 is 0 Å². The summed E-state index contributed by atoms with van der Waals surface area (Å²) in [6.07, 6.45) is 0. The summed E-state index contributed by atoms with van der Waals surface area (Å²) in [7, 11) is 0. The Morgan fingerprint density at radius 2 is 2.17 bits per heavy atom. The fraction of sp³-hybridized carbons (Fsp3) is 0.222. The number of nitrogens with zero attached hydrogens (tertiary/aromatic N) is 1. The zero-order valence-electron chi connectivity index (χ0n) is 6.46. The van der Waals surface area contributed by atoms with E-state index >= 15 is 0 Å². The smallest absolute Gasteiger partial charge is 0.174 e. The summed E-state index contributed by atoms with van der Waals surface area (Å²) in [6.45, 7) is 0.0634. The Bertz CT molecular complexity index is 293. The average molecular weight is 182 g/mol. The first-order valence-electron chi connectivity index (χ1n) is 3.52. The molecule has 0 aliphatic rings. The van der Waals surface area contributed by atoms with E-state index < -0.39 is 0 Å².